The van der Waals surface area contributed by atoms with Gasteiger partial charge >= 0.3 is 6.09 Å². The molecule has 1 aromatic carbocycles. The number of amides is 1. The Morgan fingerprint density at radius 1 is 1.16 bits per heavy atom. The first-order valence-corrected chi connectivity index (χ1v) is 9.98. The van der Waals surface area contributed by atoms with Crippen LogP contribution in [0.1, 0.15) is 58.5 Å². The second kappa shape index (κ2) is 7.68. The molecule has 2 heterocycles. The van der Waals surface area contributed by atoms with Crippen molar-refractivity contribution in [2.45, 2.75) is 52.4 Å². The second-order valence-electron chi connectivity index (χ2n) is 9.45. The highest BCUT2D eigenvalue weighted by atomic mass is 16.5. The van der Waals surface area contributed by atoms with Crippen LogP contribution < -0.4 is 5.32 Å². The molecule has 3 rings (SSSR count). The molecule has 1 amide bonds. The summed E-state index contributed by atoms with van der Waals surface area (Å²) in [6.07, 6.45) is 0.327. The topological polar surface area (TPSA) is 102 Å². The van der Waals surface area contributed by atoms with Crippen LogP contribution in [0.2, 0.25) is 0 Å². The number of methoxy groups -OCH3 is 1. The molecule has 0 radical (unpaired) electrons. The molecule has 164 valence electrons. The van der Waals surface area contributed by atoms with Crippen LogP contribution in [0, 0.1) is 0 Å². The van der Waals surface area contributed by atoms with Crippen molar-refractivity contribution in [2.24, 2.45) is 0 Å². The van der Waals surface area contributed by atoms with Crippen molar-refractivity contribution >= 4 is 28.7 Å². The third-order valence-corrected chi connectivity index (χ3v) is 4.96. The van der Waals surface area contributed by atoms with Crippen LogP contribution in [0.3, 0.4) is 0 Å². The summed E-state index contributed by atoms with van der Waals surface area (Å²) in [5.74, 6) is 0.787. The molecule has 0 saturated carbocycles. The van der Waals surface area contributed by atoms with Crippen molar-refractivity contribution in [2.75, 3.05) is 12.4 Å². The smallest absolute Gasteiger partial charge is 0.410 e. The van der Waals surface area contributed by atoms with Crippen LogP contribution in [0.25, 0.3) is 22.5 Å². The lowest BCUT2D eigenvalue weighted by Crippen LogP contribution is -2.25. The maximum Gasteiger partial charge on any atom is 0.410 e. The maximum atomic E-state index is 11.6. The van der Waals surface area contributed by atoms with Gasteiger partial charge < -0.3 is 9.84 Å². The van der Waals surface area contributed by atoms with E-state index in [1.807, 2.05) is 12.1 Å². The van der Waals surface area contributed by atoms with Crippen LogP contribution >= 0.6 is 0 Å². The Labute approximate surface area is 182 Å². The van der Waals surface area contributed by atoms with E-state index in [9.17, 15) is 9.90 Å². The number of hydrogen-bond acceptors (Lipinski definition) is 5. The number of carboxylic acid groups (broad SMARTS) is 1. The van der Waals surface area contributed by atoms with E-state index in [1.54, 1.807) is 4.68 Å². The molecule has 3 aromatic rings. The van der Waals surface area contributed by atoms with Gasteiger partial charge in [-0.2, -0.15) is 5.10 Å². The molecule has 2 aromatic heterocycles. The number of hydrogen-bond donors (Lipinski definition) is 2. The fourth-order valence-corrected chi connectivity index (χ4v) is 3.62. The zero-order valence-corrected chi connectivity index (χ0v) is 19.1. The monoisotopic (exact) mass is 423 g/mol. The van der Waals surface area contributed by atoms with Gasteiger partial charge in [-0.3, -0.25) is 5.32 Å². The van der Waals surface area contributed by atoms with Crippen molar-refractivity contribution in [1.82, 2.24) is 19.7 Å². The van der Waals surface area contributed by atoms with E-state index in [4.69, 9.17) is 4.74 Å². The summed E-state index contributed by atoms with van der Waals surface area (Å²) in [4.78, 5) is 20.3. The molecule has 2 N–H and O–H groups in total. The van der Waals surface area contributed by atoms with Crippen LogP contribution in [0.15, 0.2) is 31.0 Å². The molecule has 0 bridgehead atoms. The Morgan fingerprint density at radius 3 is 2.39 bits per heavy atom. The minimum absolute atomic E-state index is 0.116. The van der Waals surface area contributed by atoms with Gasteiger partial charge in [0.15, 0.2) is 17.4 Å². The molecule has 0 aliphatic carbocycles. The highest BCUT2D eigenvalue weighted by Crippen LogP contribution is 2.39. The summed E-state index contributed by atoms with van der Waals surface area (Å²) in [5, 5.41) is 16.6. The van der Waals surface area contributed by atoms with Gasteiger partial charge in [0, 0.05) is 0 Å². The van der Waals surface area contributed by atoms with E-state index in [-0.39, 0.29) is 28.2 Å². The summed E-state index contributed by atoms with van der Waals surface area (Å²) in [6.45, 7) is 16.7. The van der Waals surface area contributed by atoms with Crippen molar-refractivity contribution in [1.29, 1.82) is 0 Å². The van der Waals surface area contributed by atoms with Gasteiger partial charge in [0.05, 0.1) is 19.0 Å². The standard InChI is InChI=1S/C23H29N5O3/c1-13(31-8)19-24-12-15-18(25-19)20(26-21(29)30)28(27-15)16-11-9-10-14(22(2,3)4)17(16)23(5,6)7/h9-12,26H,1H2,2-8H3,(H,29,30). The molecular formula is C23H29N5O3. The van der Waals surface area contributed by atoms with Gasteiger partial charge in [0.2, 0.25) is 0 Å². The Kier molecular flexibility index (Phi) is 5.52. The predicted octanol–water partition coefficient (Wildman–Crippen LogP) is 5.12. The number of nitrogens with zero attached hydrogens (tertiary/aromatic N) is 4. The molecular weight excluding hydrogens is 394 g/mol. The van der Waals surface area contributed by atoms with Gasteiger partial charge in [-0.15, -0.1) is 0 Å². The minimum atomic E-state index is -1.21. The number of nitrogens with one attached hydrogen (secondary N) is 1. The predicted molar refractivity (Wildman–Crippen MR) is 122 cm³/mol. The Morgan fingerprint density at radius 2 is 1.84 bits per heavy atom. The quantitative estimate of drug-likeness (QED) is 0.565. The lowest BCUT2D eigenvalue weighted by atomic mass is 9.74. The molecule has 31 heavy (non-hydrogen) atoms. The average Bonchev–Trinajstić information content (AvgIpc) is 3.02. The molecule has 0 atom stereocenters. The Hall–Kier alpha value is -3.42. The second-order valence-corrected chi connectivity index (χ2v) is 9.45. The van der Waals surface area contributed by atoms with Gasteiger partial charge in [-0.05, 0) is 28.0 Å². The highest BCUT2D eigenvalue weighted by Gasteiger charge is 2.30. The summed E-state index contributed by atoms with van der Waals surface area (Å²) >= 11 is 0. The highest BCUT2D eigenvalue weighted by molar-refractivity contribution is 5.95. The SMILES string of the molecule is C=C(OC)c1ncc2nn(-c3cccc(C(C)(C)C)c3C(C)(C)C)c(NC(=O)O)c2n1. The van der Waals surface area contributed by atoms with E-state index in [2.05, 4.69) is 74.6 Å². The van der Waals surface area contributed by atoms with Gasteiger partial charge in [0.1, 0.15) is 11.0 Å². The number of carbonyl (C=O) groups is 1. The average molecular weight is 424 g/mol. The number of ether oxygens (including phenoxy) is 1. The van der Waals surface area contributed by atoms with E-state index in [0.717, 1.165) is 16.8 Å². The Bertz CT molecular complexity index is 1170. The van der Waals surface area contributed by atoms with Crippen molar-refractivity contribution < 1.29 is 14.6 Å². The first-order valence-electron chi connectivity index (χ1n) is 9.98. The summed E-state index contributed by atoms with van der Waals surface area (Å²) < 4.78 is 6.73. The van der Waals surface area contributed by atoms with Crippen molar-refractivity contribution in [3.05, 3.63) is 47.9 Å². The molecule has 0 aliphatic heterocycles. The van der Waals surface area contributed by atoms with Crippen LogP contribution in [0.4, 0.5) is 10.6 Å². The molecule has 0 unspecified atom stereocenters. The zero-order valence-electron chi connectivity index (χ0n) is 19.1. The fraction of sp³-hybridized carbons (Fsp3) is 0.391. The first-order chi connectivity index (χ1) is 14.3. The number of aromatic nitrogens is 4. The third kappa shape index (κ3) is 4.23. The summed E-state index contributed by atoms with van der Waals surface area (Å²) in [5.41, 5.74) is 3.52. The fourth-order valence-electron chi connectivity index (χ4n) is 3.62. The van der Waals surface area contributed by atoms with Gasteiger partial charge in [-0.1, -0.05) is 60.3 Å². The molecule has 0 saturated heterocycles. The lowest BCUT2D eigenvalue weighted by Gasteiger charge is -2.32. The maximum absolute atomic E-state index is 11.6. The largest absolute Gasteiger partial charge is 0.493 e. The van der Waals surface area contributed by atoms with Crippen molar-refractivity contribution in [3.63, 3.8) is 0 Å². The third-order valence-electron chi connectivity index (χ3n) is 4.96. The molecule has 0 fully saturated rings. The van der Waals surface area contributed by atoms with E-state index >= 15 is 0 Å². The van der Waals surface area contributed by atoms with E-state index in [1.165, 1.54) is 13.3 Å². The number of benzene rings is 1. The first kappa shape index (κ1) is 22.3. The normalized spacial score (nSPS) is 12.1. The summed E-state index contributed by atoms with van der Waals surface area (Å²) in [6, 6.07) is 6.02. The van der Waals surface area contributed by atoms with Crippen LogP contribution in [-0.4, -0.2) is 38.1 Å². The van der Waals surface area contributed by atoms with Crippen LogP contribution in [-0.2, 0) is 15.6 Å². The van der Waals surface area contributed by atoms with E-state index in [0.29, 0.717) is 11.0 Å². The zero-order chi connectivity index (χ0) is 23.1. The number of rotatable bonds is 4. The summed E-state index contributed by atoms with van der Waals surface area (Å²) in [7, 11) is 1.48. The number of anilines is 1. The van der Waals surface area contributed by atoms with E-state index < -0.39 is 6.09 Å². The molecule has 0 spiro atoms. The molecule has 8 nitrogen and oxygen atoms in total. The molecule has 8 heteroatoms. The van der Waals surface area contributed by atoms with Gasteiger partial charge in [0.25, 0.3) is 0 Å². The molecule has 0 aliphatic rings. The van der Waals surface area contributed by atoms with Crippen LogP contribution in [0.5, 0.6) is 0 Å². The minimum Gasteiger partial charge on any atom is -0.493 e. The lowest BCUT2D eigenvalue weighted by molar-refractivity contribution is 0.209. The van der Waals surface area contributed by atoms with Crippen molar-refractivity contribution in [3.8, 4) is 5.69 Å². The number of fused-ring (bicyclic) bond motifs is 1. The van der Waals surface area contributed by atoms with Gasteiger partial charge in [-0.25, -0.2) is 19.4 Å². The Balaban J connectivity index is 2.40.